The van der Waals surface area contributed by atoms with Crippen molar-refractivity contribution in [3.63, 3.8) is 0 Å². The molecule has 2 aliphatic heterocycles. The summed E-state index contributed by atoms with van der Waals surface area (Å²) in [6, 6.07) is 6.63. The van der Waals surface area contributed by atoms with Crippen molar-refractivity contribution in [3.8, 4) is 5.75 Å². The van der Waals surface area contributed by atoms with Crippen LogP contribution in [0.1, 0.15) is 56.6 Å². The molecule has 0 radical (unpaired) electrons. The van der Waals surface area contributed by atoms with E-state index in [9.17, 15) is 5.11 Å². The molecule has 6 rings (SSSR count). The predicted molar refractivity (Wildman–Crippen MR) is 157 cm³/mol. The van der Waals surface area contributed by atoms with Crippen LogP contribution in [0, 0.1) is 11.3 Å². The van der Waals surface area contributed by atoms with Crippen molar-refractivity contribution in [1.82, 2.24) is 29.5 Å². The van der Waals surface area contributed by atoms with Crippen LogP contribution in [0.25, 0.3) is 11.0 Å². The minimum Gasteiger partial charge on any atom is -0.496 e. The van der Waals surface area contributed by atoms with Crippen LogP contribution in [0.5, 0.6) is 5.75 Å². The summed E-state index contributed by atoms with van der Waals surface area (Å²) >= 11 is 0. The molecule has 0 amide bonds. The Kier molecular flexibility index (Phi) is 7.83. The van der Waals surface area contributed by atoms with Crippen molar-refractivity contribution in [2.24, 2.45) is 11.3 Å². The number of benzene rings is 1. The molecule has 10 nitrogen and oxygen atoms in total. The van der Waals surface area contributed by atoms with Crippen LogP contribution in [-0.4, -0.2) is 87.1 Å². The van der Waals surface area contributed by atoms with E-state index < -0.39 is 0 Å². The maximum atomic E-state index is 9.53. The second kappa shape index (κ2) is 11.5. The van der Waals surface area contributed by atoms with Crippen molar-refractivity contribution in [1.29, 1.82) is 0 Å². The molecule has 40 heavy (non-hydrogen) atoms. The van der Waals surface area contributed by atoms with Crippen LogP contribution < -0.4 is 15.8 Å². The Morgan fingerprint density at radius 3 is 2.62 bits per heavy atom. The minimum atomic E-state index is 0.0936. The summed E-state index contributed by atoms with van der Waals surface area (Å²) < 4.78 is 7.74. The lowest BCUT2D eigenvalue weighted by Gasteiger charge is -2.61. The summed E-state index contributed by atoms with van der Waals surface area (Å²) in [6.45, 7) is 10.0. The third kappa shape index (κ3) is 5.62. The van der Waals surface area contributed by atoms with Gasteiger partial charge in [-0.1, -0.05) is 31.9 Å². The van der Waals surface area contributed by atoms with E-state index in [1.165, 1.54) is 57.5 Å². The molecule has 4 N–H and O–H groups in total. The van der Waals surface area contributed by atoms with Gasteiger partial charge in [0, 0.05) is 62.9 Å². The first-order valence-corrected chi connectivity index (χ1v) is 14.9. The molecule has 2 aromatic heterocycles. The number of methoxy groups -OCH3 is 1. The summed E-state index contributed by atoms with van der Waals surface area (Å²) in [5, 5.41) is 17.6. The molecule has 0 unspecified atom stereocenters. The number of nitrogen functional groups attached to an aromatic ring is 1. The molecule has 1 atom stereocenters. The van der Waals surface area contributed by atoms with Crippen molar-refractivity contribution in [2.45, 2.75) is 64.6 Å². The minimum absolute atomic E-state index is 0.0936. The first kappa shape index (κ1) is 27.2. The third-order valence-corrected chi connectivity index (χ3v) is 9.02. The monoisotopic (exact) mass is 548 g/mol. The number of nitrogens with one attached hydrogen (secondary N) is 1. The third-order valence-electron chi connectivity index (χ3n) is 9.02. The molecule has 1 spiro atoms. The van der Waals surface area contributed by atoms with Crippen molar-refractivity contribution in [3.05, 3.63) is 35.5 Å². The first-order valence-electron chi connectivity index (χ1n) is 14.9. The Balaban J connectivity index is 1.12. The number of fused-ring (bicyclic) bond motifs is 1. The molecule has 10 heteroatoms. The number of hydrogen-bond donors (Lipinski definition) is 3. The van der Waals surface area contributed by atoms with Crippen LogP contribution in [0.4, 0.5) is 11.8 Å². The number of likely N-dealkylation sites (tertiary alicyclic amines) is 2. The van der Waals surface area contributed by atoms with Gasteiger partial charge in [-0.05, 0) is 43.2 Å². The Bertz CT molecular complexity index is 1300. The van der Waals surface area contributed by atoms with Gasteiger partial charge in [0.05, 0.1) is 19.9 Å². The maximum absolute atomic E-state index is 9.53. The number of rotatable bonds is 13. The summed E-state index contributed by atoms with van der Waals surface area (Å²) in [6.07, 6.45) is 8.61. The van der Waals surface area contributed by atoms with Gasteiger partial charge in [0.2, 0.25) is 5.95 Å². The van der Waals surface area contributed by atoms with Gasteiger partial charge in [-0.15, -0.1) is 0 Å². The molecule has 1 saturated carbocycles. The molecular formula is C30H44N8O2. The van der Waals surface area contributed by atoms with Gasteiger partial charge in [0.1, 0.15) is 16.8 Å². The first-order chi connectivity index (χ1) is 19.5. The number of anilines is 2. The summed E-state index contributed by atoms with van der Waals surface area (Å²) in [7, 11) is 1.73. The Morgan fingerprint density at radius 1 is 1.12 bits per heavy atom. The molecule has 3 aliphatic rings. The van der Waals surface area contributed by atoms with Crippen LogP contribution in [-0.2, 0) is 13.1 Å². The number of nitrogens with two attached hydrogens (primary N) is 1. The normalized spacial score (nSPS) is 19.8. The van der Waals surface area contributed by atoms with Gasteiger partial charge in [-0.25, -0.2) is 4.98 Å². The lowest BCUT2D eigenvalue weighted by molar-refractivity contribution is -0.124. The van der Waals surface area contributed by atoms with E-state index in [1.54, 1.807) is 13.3 Å². The average molecular weight is 549 g/mol. The van der Waals surface area contributed by atoms with Gasteiger partial charge in [0.15, 0.2) is 5.82 Å². The number of aliphatic hydroxyl groups excluding tert-OH is 1. The Hall–Kier alpha value is -2.95. The van der Waals surface area contributed by atoms with Gasteiger partial charge >= 0.3 is 0 Å². The fourth-order valence-corrected chi connectivity index (χ4v) is 6.95. The molecule has 3 fully saturated rings. The quantitative estimate of drug-likeness (QED) is 0.296. The highest BCUT2D eigenvalue weighted by Gasteiger charge is 2.51. The number of nitrogens with zero attached hydrogens (tertiary/aromatic N) is 6. The molecule has 1 aromatic carbocycles. The second-order valence-corrected chi connectivity index (χ2v) is 12.4. The van der Waals surface area contributed by atoms with E-state index >= 15 is 0 Å². The fourth-order valence-electron chi connectivity index (χ4n) is 6.95. The van der Waals surface area contributed by atoms with E-state index in [4.69, 9.17) is 10.5 Å². The highest BCUT2D eigenvalue weighted by molar-refractivity contribution is 5.86. The SMILES string of the molecule is CCC[C@@H](CCO)Nc1nc(N)nc2cnn(Cc3ccc(CN4CC5(C4)CN(CC4CCC4)C5)cc3OC)c12. The summed E-state index contributed by atoms with van der Waals surface area (Å²) in [5.41, 5.74) is 10.4. The summed E-state index contributed by atoms with van der Waals surface area (Å²) in [4.78, 5) is 14.2. The predicted octanol–water partition coefficient (Wildman–Crippen LogP) is 3.35. The molecule has 2 saturated heterocycles. The fraction of sp³-hybridized carbons (Fsp3) is 0.633. The Morgan fingerprint density at radius 2 is 1.93 bits per heavy atom. The van der Waals surface area contributed by atoms with Crippen LogP contribution in [0.2, 0.25) is 0 Å². The topological polar surface area (TPSA) is 118 Å². The molecule has 1 aliphatic carbocycles. The number of hydrogen-bond acceptors (Lipinski definition) is 9. The van der Waals surface area contributed by atoms with Crippen molar-refractivity contribution in [2.75, 3.05) is 57.5 Å². The zero-order chi connectivity index (χ0) is 27.7. The van der Waals surface area contributed by atoms with E-state index in [-0.39, 0.29) is 18.6 Å². The number of ether oxygens (including phenoxy) is 1. The highest BCUT2D eigenvalue weighted by atomic mass is 16.5. The second-order valence-electron chi connectivity index (χ2n) is 12.4. The Labute approximate surface area is 236 Å². The van der Waals surface area contributed by atoms with Crippen molar-refractivity contribution < 1.29 is 9.84 Å². The lowest BCUT2D eigenvalue weighted by Crippen LogP contribution is -2.72. The van der Waals surface area contributed by atoms with E-state index in [1.807, 2.05) is 4.68 Å². The van der Waals surface area contributed by atoms with Gasteiger partial charge in [0.25, 0.3) is 0 Å². The molecule has 0 bridgehead atoms. The summed E-state index contributed by atoms with van der Waals surface area (Å²) in [5.74, 6) is 2.69. The lowest BCUT2D eigenvalue weighted by atomic mass is 9.71. The highest BCUT2D eigenvalue weighted by Crippen LogP contribution is 2.42. The van der Waals surface area contributed by atoms with Gasteiger partial charge in [-0.3, -0.25) is 9.58 Å². The van der Waals surface area contributed by atoms with E-state index in [0.717, 1.165) is 42.1 Å². The number of aliphatic hydroxyl groups is 1. The molecular weight excluding hydrogens is 504 g/mol. The number of aromatic nitrogens is 4. The zero-order valence-corrected chi connectivity index (χ0v) is 24.0. The average Bonchev–Trinajstić information content (AvgIpc) is 3.26. The zero-order valence-electron chi connectivity index (χ0n) is 24.0. The van der Waals surface area contributed by atoms with E-state index in [0.29, 0.717) is 29.7 Å². The molecule has 4 heterocycles. The van der Waals surface area contributed by atoms with E-state index in [2.05, 4.69) is 55.3 Å². The van der Waals surface area contributed by atoms with Crippen LogP contribution in [0.15, 0.2) is 24.4 Å². The largest absolute Gasteiger partial charge is 0.496 e. The van der Waals surface area contributed by atoms with Crippen LogP contribution >= 0.6 is 0 Å². The van der Waals surface area contributed by atoms with Crippen molar-refractivity contribution >= 4 is 22.8 Å². The van der Waals surface area contributed by atoms with Gasteiger partial charge < -0.3 is 25.8 Å². The molecule has 3 aromatic rings. The van der Waals surface area contributed by atoms with Crippen LogP contribution in [0.3, 0.4) is 0 Å². The van der Waals surface area contributed by atoms with Gasteiger partial charge in [-0.2, -0.15) is 10.1 Å². The standard InChI is InChI=1S/C30H44N8O2/c1-3-5-24(10-11-39)33-28-27-25(34-29(31)35-28)13-32-38(27)16-23-9-8-22(12-26(23)40-2)15-37-19-30(20-37)17-36(18-30)14-21-6-4-7-21/h8-9,12-13,21,24,39H,3-7,10-11,14-20H2,1-2H3,(H3,31,33,34,35)/t24-/m0/s1. The maximum Gasteiger partial charge on any atom is 0.222 e. The molecule has 216 valence electrons. The smallest absolute Gasteiger partial charge is 0.222 e.